The van der Waals surface area contributed by atoms with Crippen LogP contribution < -0.4 is 20.5 Å². The molecule has 0 radical (unpaired) electrons. The third-order valence-corrected chi connectivity index (χ3v) is 9.00. The number of aromatic nitrogens is 1. The zero-order valence-corrected chi connectivity index (χ0v) is 24.5. The minimum Gasteiger partial charge on any atom is -0.496 e. The van der Waals surface area contributed by atoms with Crippen molar-refractivity contribution in [2.45, 2.75) is 44.4 Å². The number of aliphatic hydroxyl groups is 1. The van der Waals surface area contributed by atoms with Gasteiger partial charge in [-0.1, -0.05) is 12.1 Å². The summed E-state index contributed by atoms with van der Waals surface area (Å²) in [6, 6.07) is 11.2. The first-order valence-electron chi connectivity index (χ1n) is 15.3. The molecule has 2 saturated heterocycles. The number of methoxy groups -OCH3 is 1. The lowest BCUT2D eigenvalue weighted by atomic mass is 10.0. The molecule has 43 heavy (non-hydrogen) atoms. The van der Waals surface area contributed by atoms with E-state index in [1.165, 1.54) is 17.7 Å². The molecule has 1 saturated carbocycles. The number of hydrogen-bond acceptors (Lipinski definition) is 7. The van der Waals surface area contributed by atoms with Crippen LogP contribution in [-0.4, -0.2) is 79.2 Å². The number of halogens is 1. The lowest BCUT2D eigenvalue weighted by molar-refractivity contribution is 0.0606. The molecule has 7 rings (SSSR count). The Balaban J connectivity index is 1.35. The number of aliphatic hydroxyl groups excluding tert-OH is 1. The highest BCUT2D eigenvalue weighted by Gasteiger charge is 2.32. The van der Waals surface area contributed by atoms with Gasteiger partial charge < -0.3 is 39.5 Å². The Bertz CT molecular complexity index is 1650. The number of para-hydroxylation sites is 1. The Hall–Kier alpha value is -3.60. The normalized spacial score (nSPS) is 21.0. The SMILES string of the molecule is COc1cc(C(=O)N2C[C@H](N)C[C@@H](F)C2)cc2oc(-c3cc4cccc(OCC5CNC5)c4n3CC3CC3)c(CCO)c12. The van der Waals surface area contributed by atoms with Crippen LogP contribution in [-0.2, 0) is 13.0 Å². The fraction of sp³-hybridized carbons (Fsp3) is 0.485. The van der Waals surface area contributed by atoms with Crippen molar-refractivity contribution in [3.05, 3.63) is 47.5 Å². The number of rotatable bonds is 10. The van der Waals surface area contributed by atoms with E-state index < -0.39 is 12.2 Å². The zero-order chi connectivity index (χ0) is 29.7. The Morgan fingerprint density at radius 1 is 1.16 bits per heavy atom. The van der Waals surface area contributed by atoms with Gasteiger partial charge in [-0.25, -0.2) is 4.39 Å². The second kappa shape index (κ2) is 11.5. The van der Waals surface area contributed by atoms with E-state index in [0.29, 0.717) is 54.1 Å². The highest BCUT2D eigenvalue weighted by Crippen LogP contribution is 2.44. The Labute approximate surface area is 249 Å². The minimum atomic E-state index is -1.16. The number of ether oxygens (including phenoxy) is 2. The number of benzene rings is 2. The van der Waals surface area contributed by atoms with Gasteiger partial charge in [0.2, 0.25) is 0 Å². The molecule has 9 nitrogen and oxygen atoms in total. The van der Waals surface area contributed by atoms with E-state index in [9.17, 15) is 14.3 Å². The van der Waals surface area contributed by atoms with Crippen molar-refractivity contribution in [3.63, 3.8) is 0 Å². The second-order valence-electron chi connectivity index (χ2n) is 12.4. The van der Waals surface area contributed by atoms with Gasteiger partial charge in [-0.15, -0.1) is 0 Å². The molecule has 2 aromatic heterocycles. The van der Waals surface area contributed by atoms with Gasteiger partial charge in [0, 0.05) is 67.7 Å². The molecule has 0 spiro atoms. The summed E-state index contributed by atoms with van der Waals surface area (Å²) in [5.74, 6) is 2.74. The fourth-order valence-corrected chi connectivity index (χ4v) is 6.53. The van der Waals surface area contributed by atoms with Crippen LogP contribution in [0.25, 0.3) is 33.3 Å². The number of fused-ring (bicyclic) bond motifs is 2. The van der Waals surface area contributed by atoms with Crippen molar-refractivity contribution >= 4 is 27.8 Å². The summed E-state index contributed by atoms with van der Waals surface area (Å²) < 4.78 is 35.4. The van der Waals surface area contributed by atoms with E-state index in [1.54, 1.807) is 19.2 Å². The van der Waals surface area contributed by atoms with Crippen LogP contribution in [0.15, 0.2) is 40.8 Å². The summed E-state index contributed by atoms with van der Waals surface area (Å²) in [6.07, 6.45) is 1.80. The molecule has 0 unspecified atom stereocenters. The Morgan fingerprint density at radius 2 is 2.00 bits per heavy atom. The number of nitrogens with zero attached hydrogens (tertiary/aromatic N) is 2. The molecule has 1 amide bonds. The predicted molar refractivity (Wildman–Crippen MR) is 162 cm³/mol. The molecule has 228 valence electrons. The van der Waals surface area contributed by atoms with Crippen molar-refractivity contribution in [1.82, 2.24) is 14.8 Å². The largest absolute Gasteiger partial charge is 0.496 e. The smallest absolute Gasteiger partial charge is 0.254 e. The molecular formula is C33H39FN4O5. The summed E-state index contributed by atoms with van der Waals surface area (Å²) in [5, 5.41) is 15.2. The third-order valence-electron chi connectivity index (χ3n) is 9.00. The highest BCUT2D eigenvalue weighted by atomic mass is 19.1. The maximum absolute atomic E-state index is 14.3. The molecule has 2 atom stereocenters. The summed E-state index contributed by atoms with van der Waals surface area (Å²) in [5.41, 5.74) is 9.62. The van der Waals surface area contributed by atoms with Gasteiger partial charge in [0.05, 0.1) is 36.9 Å². The van der Waals surface area contributed by atoms with Crippen LogP contribution >= 0.6 is 0 Å². The molecule has 4 heterocycles. The number of likely N-dealkylation sites (tertiary alicyclic amines) is 1. The average Bonchev–Trinajstić information content (AvgIpc) is 3.61. The van der Waals surface area contributed by atoms with Gasteiger partial charge in [-0.3, -0.25) is 4.79 Å². The molecule has 2 aliphatic heterocycles. The maximum Gasteiger partial charge on any atom is 0.254 e. The molecule has 4 aromatic rings. The van der Waals surface area contributed by atoms with Crippen molar-refractivity contribution in [2.24, 2.45) is 17.6 Å². The van der Waals surface area contributed by atoms with E-state index in [1.807, 2.05) is 12.1 Å². The van der Waals surface area contributed by atoms with Crippen LogP contribution in [0, 0.1) is 11.8 Å². The number of piperidine rings is 1. The molecule has 2 aromatic carbocycles. The quantitative estimate of drug-likeness (QED) is 0.255. The molecule has 10 heteroatoms. The zero-order valence-electron chi connectivity index (χ0n) is 24.5. The summed E-state index contributed by atoms with van der Waals surface area (Å²) in [4.78, 5) is 15.0. The molecule has 4 N–H and O–H groups in total. The second-order valence-corrected chi connectivity index (χ2v) is 12.4. The fourth-order valence-electron chi connectivity index (χ4n) is 6.53. The van der Waals surface area contributed by atoms with Crippen molar-refractivity contribution in [3.8, 4) is 23.0 Å². The van der Waals surface area contributed by atoms with Crippen LogP contribution in [0.5, 0.6) is 11.5 Å². The Morgan fingerprint density at radius 3 is 2.70 bits per heavy atom. The van der Waals surface area contributed by atoms with Crippen molar-refractivity contribution in [2.75, 3.05) is 46.5 Å². The van der Waals surface area contributed by atoms with Gasteiger partial charge in [0.1, 0.15) is 23.3 Å². The summed E-state index contributed by atoms with van der Waals surface area (Å²) in [7, 11) is 1.55. The summed E-state index contributed by atoms with van der Waals surface area (Å²) in [6.45, 7) is 3.66. The van der Waals surface area contributed by atoms with E-state index in [0.717, 1.165) is 52.9 Å². The first-order valence-corrected chi connectivity index (χ1v) is 15.3. The molecule has 0 bridgehead atoms. The van der Waals surface area contributed by atoms with E-state index in [2.05, 4.69) is 22.0 Å². The van der Waals surface area contributed by atoms with E-state index in [4.69, 9.17) is 19.6 Å². The number of alkyl halides is 1. The number of furan rings is 1. The molecule has 1 aliphatic carbocycles. The van der Waals surface area contributed by atoms with Crippen LogP contribution in [0.2, 0.25) is 0 Å². The molecular weight excluding hydrogens is 551 g/mol. The van der Waals surface area contributed by atoms with Gasteiger partial charge in [-0.05, 0) is 49.4 Å². The highest BCUT2D eigenvalue weighted by molar-refractivity contribution is 6.02. The average molecular weight is 591 g/mol. The topological polar surface area (TPSA) is 115 Å². The van der Waals surface area contributed by atoms with Crippen LogP contribution in [0.1, 0.15) is 35.2 Å². The Kier molecular flexibility index (Phi) is 7.53. The predicted octanol–water partition coefficient (Wildman–Crippen LogP) is 4.12. The number of amides is 1. The van der Waals surface area contributed by atoms with Crippen molar-refractivity contribution in [1.29, 1.82) is 0 Å². The van der Waals surface area contributed by atoms with E-state index >= 15 is 0 Å². The van der Waals surface area contributed by atoms with Gasteiger partial charge >= 0.3 is 0 Å². The first-order chi connectivity index (χ1) is 20.9. The number of carbonyl (C=O) groups is 1. The van der Waals surface area contributed by atoms with E-state index in [-0.39, 0.29) is 25.5 Å². The van der Waals surface area contributed by atoms with Crippen molar-refractivity contribution < 1.29 is 28.2 Å². The number of nitrogens with one attached hydrogen (secondary N) is 1. The monoisotopic (exact) mass is 590 g/mol. The minimum absolute atomic E-state index is 0.00892. The lowest BCUT2D eigenvalue weighted by Gasteiger charge is -2.33. The van der Waals surface area contributed by atoms with Gasteiger partial charge in [-0.2, -0.15) is 0 Å². The number of hydrogen-bond donors (Lipinski definition) is 3. The third kappa shape index (κ3) is 5.36. The van der Waals surface area contributed by atoms with Gasteiger partial charge in [0.15, 0.2) is 5.76 Å². The lowest BCUT2D eigenvalue weighted by Crippen LogP contribution is -2.50. The van der Waals surface area contributed by atoms with Crippen LogP contribution in [0.4, 0.5) is 4.39 Å². The maximum atomic E-state index is 14.3. The van der Waals surface area contributed by atoms with Gasteiger partial charge in [0.25, 0.3) is 5.91 Å². The van der Waals surface area contributed by atoms with Crippen LogP contribution in [0.3, 0.4) is 0 Å². The first kappa shape index (κ1) is 28.2. The molecule has 3 fully saturated rings. The standard InChI is InChI=1S/C33H39FN4O5/c1-41-28-10-22(33(40)37-16-23(34)12-24(35)17-37)11-29-30(28)25(7-8-39)32(43-29)26-9-21-3-2-4-27(42-18-20-13-36-14-20)31(21)38(26)15-19-5-6-19/h2-4,9-11,19-20,23-24,36,39H,5-8,12-18,35H2,1H3/t23-,24-/m1/s1. The summed E-state index contributed by atoms with van der Waals surface area (Å²) >= 11 is 0. The number of carbonyl (C=O) groups excluding carboxylic acids is 1. The molecule has 3 aliphatic rings. The number of nitrogens with two attached hydrogens (primary N) is 1.